The van der Waals surface area contributed by atoms with E-state index in [0.717, 1.165) is 13.0 Å². The molecule has 1 atom stereocenters. The fraction of sp³-hybridized carbons (Fsp3) is 1.00. The van der Waals surface area contributed by atoms with Crippen molar-refractivity contribution >= 4 is 0 Å². The van der Waals surface area contributed by atoms with Crippen LogP contribution < -0.4 is 5.32 Å². The van der Waals surface area contributed by atoms with Crippen LogP contribution in [0.1, 0.15) is 19.3 Å². The maximum Gasteiger partial charge on any atom is 0.0446 e. The quantitative estimate of drug-likeness (QED) is 0.671. The largest absolute Gasteiger partial charge is 0.396 e. The molecule has 1 heterocycles. The molecule has 0 aromatic carbocycles. The third-order valence-corrected chi connectivity index (χ3v) is 3.71. The van der Waals surface area contributed by atoms with Crippen molar-refractivity contribution < 1.29 is 5.11 Å². The minimum Gasteiger partial charge on any atom is -0.396 e. The smallest absolute Gasteiger partial charge is 0.0446 e. The van der Waals surface area contributed by atoms with Crippen molar-refractivity contribution in [2.45, 2.75) is 31.3 Å². The summed E-state index contributed by atoms with van der Waals surface area (Å²) in [5.74, 6) is 0. The lowest BCUT2D eigenvalue weighted by molar-refractivity contribution is 0.130. The zero-order valence-electron chi connectivity index (χ0n) is 10.9. The Balaban J connectivity index is 2.30. The van der Waals surface area contributed by atoms with E-state index in [-0.39, 0.29) is 6.61 Å². The lowest BCUT2D eigenvalue weighted by atomic mass is 10.0. The second-order valence-corrected chi connectivity index (χ2v) is 4.97. The van der Waals surface area contributed by atoms with Crippen molar-refractivity contribution in [3.05, 3.63) is 0 Å². The molecule has 0 aromatic rings. The van der Waals surface area contributed by atoms with E-state index in [1.807, 2.05) is 7.05 Å². The number of nitrogens with zero attached hydrogens (tertiary/aromatic N) is 2. The van der Waals surface area contributed by atoms with Crippen molar-refractivity contribution in [1.29, 1.82) is 0 Å². The Bertz CT molecular complexity index is 181. The van der Waals surface area contributed by atoms with Gasteiger partial charge < -0.3 is 20.2 Å². The summed E-state index contributed by atoms with van der Waals surface area (Å²) in [6.07, 6.45) is 3.37. The van der Waals surface area contributed by atoms with E-state index >= 15 is 0 Å². The summed E-state index contributed by atoms with van der Waals surface area (Å²) in [4.78, 5) is 4.84. The second-order valence-electron chi connectivity index (χ2n) is 4.97. The van der Waals surface area contributed by atoms with Crippen LogP contribution in [0.5, 0.6) is 0 Å². The molecule has 0 aromatic heterocycles. The number of likely N-dealkylation sites (N-methyl/N-ethyl adjacent to an activating group) is 2. The first-order chi connectivity index (χ1) is 7.67. The maximum absolute atomic E-state index is 8.96. The molecule has 4 nitrogen and oxygen atoms in total. The Morgan fingerprint density at radius 2 is 2.06 bits per heavy atom. The van der Waals surface area contributed by atoms with Gasteiger partial charge in [0.2, 0.25) is 0 Å². The van der Waals surface area contributed by atoms with Crippen LogP contribution in [0.15, 0.2) is 0 Å². The number of nitrogens with one attached hydrogen (secondary N) is 1. The molecule has 96 valence electrons. The molecule has 0 saturated carbocycles. The van der Waals surface area contributed by atoms with Gasteiger partial charge in [-0.3, -0.25) is 0 Å². The zero-order valence-corrected chi connectivity index (χ0v) is 10.9. The summed E-state index contributed by atoms with van der Waals surface area (Å²) in [5.41, 5.74) is 0. The standard InChI is InChI=1S/C12H27N3O/c1-13-11(6-9-16)10-15(3)12-4-7-14(2)8-5-12/h11-13,16H,4-10H2,1-3H3. The van der Waals surface area contributed by atoms with Crippen molar-refractivity contribution in [3.8, 4) is 0 Å². The Labute approximate surface area is 99.6 Å². The van der Waals surface area contributed by atoms with Crippen LogP contribution >= 0.6 is 0 Å². The van der Waals surface area contributed by atoms with E-state index in [9.17, 15) is 0 Å². The van der Waals surface area contributed by atoms with Crippen LogP contribution in [-0.4, -0.2) is 74.4 Å². The first-order valence-corrected chi connectivity index (χ1v) is 6.34. The Morgan fingerprint density at radius 1 is 1.44 bits per heavy atom. The van der Waals surface area contributed by atoms with Gasteiger partial charge in [0.05, 0.1) is 0 Å². The molecule has 1 rings (SSSR count). The highest BCUT2D eigenvalue weighted by molar-refractivity contribution is 4.79. The topological polar surface area (TPSA) is 38.7 Å². The summed E-state index contributed by atoms with van der Waals surface area (Å²) in [5, 5.41) is 12.2. The monoisotopic (exact) mass is 229 g/mol. The van der Waals surface area contributed by atoms with Crippen molar-refractivity contribution in [1.82, 2.24) is 15.1 Å². The Hall–Kier alpha value is -0.160. The second kappa shape index (κ2) is 7.22. The molecule has 1 unspecified atom stereocenters. The van der Waals surface area contributed by atoms with Crippen LogP contribution in [0.25, 0.3) is 0 Å². The van der Waals surface area contributed by atoms with Gasteiger partial charge in [-0.15, -0.1) is 0 Å². The number of aliphatic hydroxyl groups is 1. The summed E-state index contributed by atoms with van der Waals surface area (Å²) in [7, 11) is 6.37. The third-order valence-electron chi connectivity index (χ3n) is 3.71. The molecule has 2 N–H and O–H groups in total. The first kappa shape index (κ1) is 13.9. The van der Waals surface area contributed by atoms with Gasteiger partial charge in [-0.1, -0.05) is 0 Å². The van der Waals surface area contributed by atoms with Crippen molar-refractivity contribution in [2.75, 3.05) is 47.4 Å². The Kier molecular flexibility index (Phi) is 6.28. The lowest BCUT2D eigenvalue weighted by Gasteiger charge is -2.36. The molecular weight excluding hydrogens is 202 g/mol. The highest BCUT2D eigenvalue weighted by Crippen LogP contribution is 2.14. The van der Waals surface area contributed by atoms with E-state index in [2.05, 4.69) is 29.2 Å². The third kappa shape index (κ3) is 4.37. The van der Waals surface area contributed by atoms with E-state index < -0.39 is 0 Å². The molecule has 1 aliphatic rings. The van der Waals surface area contributed by atoms with Crippen LogP contribution in [0.2, 0.25) is 0 Å². The molecule has 1 fully saturated rings. The van der Waals surface area contributed by atoms with Crippen LogP contribution in [-0.2, 0) is 0 Å². The van der Waals surface area contributed by atoms with Gasteiger partial charge in [0.25, 0.3) is 0 Å². The van der Waals surface area contributed by atoms with Crippen molar-refractivity contribution in [2.24, 2.45) is 0 Å². The molecule has 16 heavy (non-hydrogen) atoms. The van der Waals surface area contributed by atoms with E-state index in [4.69, 9.17) is 5.11 Å². The van der Waals surface area contributed by atoms with Gasteiger partial charge >= 0.3 is 0 Å². The van der Waals surface area contributed by atoms with Gasteiger partial charge in [-0.2, -0.15) is 0 Å². The highest BCUT2D eigenvalue weighted by Gasteiger charge is 2.21. The summed E-state index contributed by atoms with van der Waals surface area (Å²) >= 11 is 0. The SMILES string of the molecule is CNC(CCO)CN(C)C1CCN(C)CC1. The molecule has 0 bridgehead atoms. The van der Waals surface area contributed by atoms with Gasteiger partial charge in [0, 0.05) is 25.2 Å². The molecule has 4 heteroatoms. The zero-order chi connectivity index (χ0) is 12.0. The van der Waals surface area contributed by atoms with Gasteiger partial charge in [-0.25, -0.2) is 0 Å². The predicted molar refractivity (Wildman–Crippen MR) is 67.7 cm³/mol. The fourth-order valence-corrected chi connectivity index (χ4v) is 2.42. The van der Waals surface area contributed by atoms with Crippen LogP contribution in [0.4, 0.5) is 0 Å². The average Bonchev–Trinajstić information content (AvgIpc) is 2.29. The minimum absolute atomic E-state index is 0.271. The molecule has 0 spiro atoms. The molecule has 0 aliphatic carbocycles. The van der Waals surface area contributed by atoms with E-state index in [1.165, 1.54) is 25.9 Å². The number of rotatable bonds is 6. The number of hydrogen-bond acceptors (Lipinski definition) is 4. The number of hydrogen-bond donors (Lipinski definition) is 2. The van der Waals surface area contributed by atoms with Gasteiger partial charge in [0.15, 0.2) is 0 Å². The lowest BCUT2D eigenvalue weighted by Crippen LogP contribution is -2.47. The number of aliphatic hydroxyl groups excluding tert-OH is 1. The molecule has 1 aliphatic heterocycles. The Morgan fingerprint density at radius 3 is 2.56 bits per heavy atom. The van der Waals surface area contributed by atoms with Gasteiger partial charge in [0.1, 0.15) is 0 Å². The van der Waals surface area contributed by atoms with Crippen LogP contribution in [0.3, 0.4) is 0 Å². The summed E-state index contributed by atoms with van der Waals surface area (Å²) < 4.78 is 0. The van der Waals surface area contributed by atoms with E-state index in [1.54, 1.807) is 0 Å². The summed E-state index contributed by atoms with van der Waals surface area (Å²) in [6, 6.07) is 1.13. The number of piperidine rings is 1. The predicted octanol–water partition coefficient (Wildman–Crippen LogP) is -0.0172. The van der Waals surface area contributed by atoms with E-state index in [0.29, 0.717) is 12.1 Å². The molecular formula is C12H27N3O. The van der Waals surface area contributed by atoms with Gasteiger partial charge in [-0.05, 0) is 53.5 Å². The number of likely N-dealkylation sites (tertiary alicyclic amines) is 1. The first-order valence-electron chi connectivity index (χ1n) is 6.34. The average molecular weight is 229 g/mol. The van der Waals surface area contributed by atoms with Crippen LogP contribution in [0, 0.1) is 0 Å². The fourth-order valence-electron chi connectivity index (χ4n) is 2.42. The maximum atomic E-state index is 8.96. The molecule has 1 saturated heterocycles. The normalized spacial score (nSPS) is 21.6. The van der Waals surface area contributed by atoms with Crippen molar-refractivity contribution in [3.63, 3.8) is 0 Å². The molecule has 0 amide bonds. The minimum atomic E-state index is 0.271. The highest BCUT2D eigenvalue weighted by atomic mass is 16.3. The molecule has 0 radical (unpaired) electrons. The summed E-state index contributed by atoms with van der Waals surface area (Å²) in [6.45, 7) is 3.72.